The Morgan fingerprint density at radius 2 is 1.66 bits per heavy atom. The Labute approximate surface area is 185 Å². The summed E-state index contributed by atoms with van der Waals surface area (Å²) in [6.07, 6.45) is -0.829. The highest BCUT2D eigenvalue weighted by molar-refractivity contribution is 7.15. The van der Waals surface area contributed by atoms with E-state index in [1.165, 1.54) is 24.3 Å². The molecule has 32 heavy (non-hydrogen) atoms. The lowest BCUT2D eigenvalue weighted by atomic mass is 10.1. The molecule has 0 aliphatic carbocycles. The number of fused-ring (bicyclic) bond motifs is 1. The highest BCUT2D eigenvalue weighted by Crippen LogP contribution is 2.26. The number of nitrogens with zero attached hydrogens (tertiary/aromatic N) is 3. The fourth-order valence-corrected chi connectivity index (χ4v) is 3.70. The Kier molecular flexibility index (Phi) is 5.90. The summed E-state index contributed by atoms with van der Waals surface area (Å²) in [4.78, 5) is 49.8. The van der Waals surface area contributed by atoms with Crippen LogP contribution in [0.1, 0.15) is 43.0 Å². The van der Waals surface area contributed by atoms with Crippen LogP contribution >= 0.6 is 11.3 Å². The van der Waals surface area contributed by atoms with Gasteiger partial charge >= 0.3 is 6.16 Å². The first-order valence-corrected chi connectivity index (χ1v) is 10.3. The average Bonchev–Trinajstić information content (AvgIpc) is 3.32. The van der Waals surface area contributed by atoms with Crippen LogP contribution in [-0.2, 0) is 11.3 Å². The van der Waals surface area contributed by atoms with Crippen LogP contribution in [0.15, 0.2) is 48.5 Å². The molecule has 0 spiro atoms. The van der Waals surface area contributed by atoms with E-state index in [4.69, 9.17) is 4.74 Å². The number of anilines is 1. The number of hydrogen-bond acceptors (Lipinski definition) is 9. The molecule has 3 amide bonds. The summed E-state index contributed by atoms with van der Waals surface area (Å²) in [5.74, 6) is -0.997. The zero-order chi connectivity index (χ0) is 22.7. The van der Waals surface area contributed by atoms with Crippen LogP contribution in [0.5, 0.6) is 5.75 Å². The number of aromatic nitrogens is 2. The normalized spacial score (nSPS) is 12.5. The van der Waals surface area contributed by atoms with Crippen molar-refractivity contribution in [3.63, 3.8) is 0 Å². The van der Waals surface area contributed by atoms with Crippen LogP contribution in [0.25, 0.3) is 0 Å². The number of amides is 3. The van der Waals surface area contributed by atoms with Gasteiger partial charge in [-0.15, -0.1) is 10.2 Å². The SMILES string of the molecule is CCOC(=O)Oc1ccc(C(=O)Nc2nnc(CN3C(=O)c4ccccc4C3=O)s2)cc1. The minimum absolute atomic E-state index is 0.0419. The summed E-state index contributed by atoms with van der Waals surface area (Å²) in [5.41, 5.74) is 1.01. The molecular formula is C21H16N4O6S. The van der Waals surface area contributed by atoms with Gasteiger partial charge in [-0.25, -0.2) is 4.79 Å². The minimum atomic E-state index is -0.829. The third-order valence-corrected chi connectivity index (χ3v) is 5.26. The highest BCUT2D eigenvalue weighted by atomic mass is 32.1. The summed E-state index contributed by atoms with van der Waals surface area (Å²) >= 11 is 1.06. The molecule has 0 atom stereocenters. The van der Waals surface area contributed by atoms with Gasteiger partial charge < -0.3 is 9.47 Å². The lowest BCUT2D eigenvalue weighted by Crippen LogP contribution is -2.29. The van der Waals surface area contributed by atoms with E-state index in [-0.39, 0.29) is 24.0 Å². The summed E-state index contributed by atoms with van der Waals surface area (Å²) in [7, 11) is 0. The van der Waals surface area contributed by atoms with Crippen molar-refractivity contribution in [1.29, 1.82) is 0 Å². The maximum Gasteiger partial charge on any atom is 0.513 e. The van der Waals surface area contributed by atoms with Crippen LogP contribution < -0.4 is 10.1 Å². The Bertz CT molecular complexity index is 1170. The quantitative estimate of drug-likeness (QED) is 0.343. The third kappa shape index (κ3) is 4.32. The summed E-state index contributed by atoms with van der Waals surface area (Å²) < 4.78 is 9.63. The number of imide groups is 1. The van der Waals surface area contributed by atoms with Crippen LogP contribution in [0.2, 0.25) is 0 Å². The smallest absolute Gasteiger partial charge is 0.434 e. The first-order valence-electron chi connectivity index (χ1n) is 9.50. The van der Waals surface area contributed by atoms with Gasteiger partial charge in [-0.1, -0.05) is 23.5 Å². The standard InChI is InChI=1S/C21H16N4O6S/c1-2-30-21(29)31-13-9-7-12(8-10-13)17(26)22-20-24-23-16(32-20)11-25-18(27)14-5-3-4-6-15(14)19(25)28/h3-10H,2,11H2,1H3,(H,22,24,26). The molecule has 1 aliphatic rings. The fourth-order valence-electron chi connectivity index (χ4n) is 2.97. The van der Waals surface area contributed by atoms with Gasteiger partial charge in [-0.05, 0) is 43.3 Å². The van der Waals surface area contributed by atoms with Crippen molar-refractivity contribution in [3.8, 4) is 5.75 Å². The molecule has 2 heterocycles. The van der Waals surface area contributed by atoms with Crippen molar-refractivity contribution in [2.24, 2.45) is 0 Å². The van der Waals surface area contributed by atoms with Gasteiger partial charge in [0.05, 0.1) is 24.3 Å². The van der Waals surface area contributed by atoms with E-state index in [9.17, 15) is 19.2 Å². The number of rotatable bonds is 6. The Morgan fingerprint density at radius 3 is 2.28 bits per heavy atom. The predicted molar refractivity (Wildman–Crippen MR) is 113 cm³/mol. The fraction of sp³-hybridized carbons (Fsp3) is 0.143. The molecule has 0 bridgehead atoms. The Hall–Kier alpha value is -4.12. The molecule has 0 radical (unpaired) electrons. The molecule has 10 nitrogen and oxygen atoms in total. The second kappa shape index (κ2) is 8.94. The number of ether oxygens (including phenoxy) is 2. The van der Waals surface area contributed by atoms with Gasteiger partial charge in [0, 0.05) is 5.56 Å². The van der Waals surface area contributed by atoms with E-state index >= 15 is 0 Å². The molecule has 1 aromatic heterocycles. The minimum Gasteiger partial charge on any atom is -0.434 e. The third-order valence-electron chi connectivity index (χ3n) is 4.44. The van der Waals surface area contributed by atoms with Gasteiger partial charge in [-0.3, -0.25) is 24.6 Å². The molecule has 4 rings (SSSR count). The van der Waals surface area contributed by atoms with Crippen LogP contribution in [-0.4, -0.2) is 45.6 Å². The molecular weight excluding hydrogens is 436 g/mol. The molecule has 162 valence electrons. The van der Waals surface area contributed by atoms with E-state index < -0.39 is 23.9 Å². The van der Waals surface area contributed by atoms with E-state index in [1.807, 2.05) is 0 Å². The van der Waals surface area contributed by atoms with Gasteiger partial charge in [0.2, 0.25) is 5.13 Å². The number of benzene rings is 2. The molecule has 2 aromatic carbocycles. The van der Waals surface area contributed by atoms with Crippen molar-refractivity contribution < 1.29 is 28.7 Å². The van der Waals surface area contributed by atoms with Crippen molar-refractivity contribution in [1.82, 2.24) is 15.1 Å². The second-order valence-electron chi connectivity index (χ2n) is 6.51. The maximum atomic E-state index is 12.5. The first-order chi connectivity index (χ1) is 15.5. The molecule has 11 heteroatoms. The van der Waals surface area contributed by atoms with Crippen molar-refractivity contribution in [2.45, 2.75) is 13.5 Å². The first kappa shape index (κ1) is 21.1. The van der Waals surface area contributed by atoms with Gasteiger partial charge in [0.1, 0.15) is 10.8 Å². The predicted octanol–water partition coefficient (Wildman–Crippen LogP) is 3.12. The molecule has 0 fully saturated rings. The molecule has 1 N–H and O–H groups in total. The summed E-state index contributed by atoms with van der Waals surface area (Å²) in [5, 5.41) is 11.1. The Balaban J connectivity index is 1.37. The van der Waals surface area contributed by atoms with Crippen molar-refractivity contribution in [3.05, 3.63) is 70.2 Å². The average molecular weight is 452 g/mol. The van der Waals surface area contributed by atoms with Crippen molar-refractivity contribution >= 4 is 40.3 Å². The molecule has 0 unspecified atom stereocenters. The zero-order valence-electron chi connectivity index (χ0n) is 16.7. The molecule has 0 saturated carbocycles. The summed E-state index contributed by atoms with van der Waals surface area (Å²) in [6, 6.07) is 12.5. The van der Waals surface area contributed by atoms with E-state index in [2.05, 4.69) is 20.3 Å². The van der Waals surface area contributed by atoms with Crippen LogP contribution in [0.3, 0.4) is 0 Å². The maximum absolute atomic E-state index is 12.5. The van der Waals surface area contributed by atoms with E-state index in [0.29, 0.717) is 21.7 Å². The lowest BCUT2D eigenvalue weighted by Gasteiger charge is -2.10. The highest BCUT2D eigenvalue weighted by Gasteiger charge is 2.35. The van der Waals surface area contributed by atoms with E-state index in [0.717, 1.165) is 16.2 Å². The monoisotopic (exact) mass is 452 g/mol. The lowest BCUT2D eigenvalue weighted by molar-refractivity contribution is 0.0641. The molecule has 0 saturated heterocycles. The van der Waals surface area contributed by atoms with Crippen LogP contribution in [0, 0.1) is 0 Å². The number of carbonyl (C=O) groups excluding carboxylic acids is 4. The van der Waals surface area contributed by atoms with Crippen molar-refractivity contribution in [2.75, 3.05) is 11.9 Å². The Morgan fingerprint density at radius 1 is 1.00 bits per heavy atom. The van der Waals surface area contributed by atoms with E-state index in [1.54, 1.807) is 31.2 Å². The van der Waals surface area contributed by atoms with Gasteiger partial charge in [-0.2, -0.15) is 0 Å². The van der Waals surface area contributed by atoms with Crippen LogP contribution in [0.4, 0.5) is 9.93 Å². The van der Waals surface area contributed by atoms with Gasteiger partial charge in [0.15, 0.2) is 0 Å². The number of nitrogens with one attached hydrogen (secondary N) is 1. The second-order valence-corrected chi connectivity index (χ2v) is 7.57. The largest absolute Gasteiger partial charge is 0.513 e. The molecule has 3 aromatic rings. The summed E-state index contributed by atoms with van der Waals surface area (Å²) in [6.45, 7) is 1.81. The zero-order valence-corrected chi connectivity index (χ0v) is 17.5. The topological polar surface area (TPSA) is 128 Å². The van der Waals surface area contributed by atoms with Gasteiger partial charge in [0.25, 0.3) is 17.7 Å². The number of carbonyl (C=O) groups is 4. The molecule has 1 aliphatic heterocycles. The number of hydrogen-bond donors (Lipinski definition) is 1.